The summed E-state index contributed by atoms with van der Waals surface area (Å²) < 4.78 is 0. The molecule has 1 aromatic rings. The average Bonchev–Trinajstić information content (AvgIpc) is 2.77. The predicted molar refractivity (Wildman–Crippen MR) is 70.7 cm³/mol. The lowest BCUT2D eigenvalue weighted by Crippen LogP contribution is -2.45. The molecular weight excluding hydrogens is 230 g/mol. The number of hydrogen-bond donors (Lipinski definition) is 2. The third kappa shape index (κ3) is 3.05. The summed E-state index contributed by atoms with van der Waals surface area (Å²) in [5, 5.41) is 17.7. The third-order valence-corrected chi connectivity index (χ3v) is 3.50. The summed E-state index contributed by atoms with van der Waals surface area (Å²) in [4.78, 5) is 10.6. The van der Waals surface area contributed by atoms with E-state index in [9.17, 15) is 10.1 Å². The Morgan fingerprint density at radius 3 is 2.94 bits per heavy atom. The van der Waals surface area contributed by atoms with Crippen molar-refractivity contribution in [2.75, 3.05) is 19.6 Å². The van der Waals surface area contributed by atoms with Gasteiger partial charge in [0.05, 0.1) is 4.92 Å². The monoisotopic (exact) mass is 249 g/mol. The first-order valence-electron chi connectivity index (χ1n) is 6.29. The van der Waals surface area contributed by atoms with E-state index in [1.807, 2.05) is 12.1 Å². The molecule has 1 aliphatic rings. The Morgan fingerprint density at radius 2 is 2.28 bits per heavy atom. The van der Waals surface area contributed by atoms with Crippen LogP contribution in [-0.4, -0.2) is 30.1 Å². The summed E-state index contributed by atoms with van der Waals surface area (Å²) in [6, 6.07) is 6.95. The molecule has 2 rings (SSSR count). The van der Waals surface area contributed by atoms with Crippen LogP contribution < -0.4 is 10.6 Å². The second-order valence-corrected chi connectivity index (χ2v) is 5.05. The molecule has 0 aliphatic carbocycles. The molecule has 5 heteroatoms. The maximum absolute atomic E-state index is 10.9. The van der Waals surface area contributed by atoms with Gasteiger partial charge in [-0.2, -0.15) is 0 Å². The van der Waals surface area contributed by atoms with Crippen molar-refractivity contribution in [2.45, 2.75) is 25.3 Å². The second-order valence-electron chi connectivity index (χ2n) is 5.05. The van der Waals surface area contributed by atoms with Gasteiger partial charge in [0.2, 0.25) is 0 Å². The van der Waals surface area contributed by atoms with Crippen molar-refractivity contribution in [1.82, 2.24) is 10.6 Å². The van der Waals surface area contributed by atoms with Crippen LogP contribution in [0.3, 0.4) is 0 Å². The van der Waals surface area contributed by atoms with Crippen LogP contribution in [0.5, 0.6) is 0 Å². The number of nitro groups is 1. The zero-order valence-corrected chi connectivity index (χ0v) is 10.6. The van der Waals surface area contributed by atoms with Crippen molar-refractivity contribution in [2.24, 2.45) is 0 Å². The molecule has 1 aliphatic heterocycles. The van der Waals surface area contributed by atoms with Crippen LogP contribution in [-0.2, 0) is 6.42 Å². The summed E-state index contributed by atoms with van der Waals surface area (Å²) in [6.45, 7) is 4.95. The van der Waals surface area contributed by atoms with Gasteiger partial charge in [-0.15, -0.1) is 0 Å². The number of nitrogens with one attached hydrogen (secondary N) is 2. The van der Waals surface area contributed by atoms with Gasteiger partial charge in [-0.25, -0.2) is 0 Å². The Hall–Kier alpha value is -1.46. The van der Waals surface area contributed by atoms with Crippen LogP contribution in [0.1, 0.15) is 18.9 Å². The number of rotatable bonds is 5. The molecule has 0 aromatic heterocycles. The highest BCUT2D eigenvalue weighted by Crippen LogP contribution is 2.18. The van der Waals surface area contributed by atoms with Crippen LogP contribution in [0.25, 0.3) is 0 Å². The highest BCUT2D eigenvalue weighted by atomic mass is 16.6. The zero-order valence-electron chi connectivity index (χ0n) is 10.6. The maximum atomic E-state index is 10.9. The van der Waals surface area contributed by atoms with Gasteiger partial charge in [0, 0.05) is 23.7 Å². The Bertz CT molecular complexity index is 428. The van der Waals surface area contributed by atoms with Crippen LogP contribution in [0.15, 0.2) is 24.3 Å². The van der Waals surface area contributed by atoms with Crippen LogP contribution >= 0.6 is 0 Å². The lowest BCUT2D eigenvalue weighted by atomic mass is 10.0. The lowest BCUT2D eigenvalue weighted by molar-refractivity contribution is -0.385. The van der Waals surface area contributed by atoms with E-state index in [0.717, 1.165) is 31.6 Å². The molecule has 98 valence electrons. The molecule has 2 N–H and O–H groups in total. The molecule has 0 spiro atoms. The molecule has 0 radical (unpaired) electrons. The minimum absolute atomic E-state index is 0.129. The first kappa shape index (κ1) is 13.0. The van der Waals surface area contributed by atoms with E-state index in [1.54, 1.807) is 12.1 Å². The number of hydrogen-bond acceptors (Lipinski definition) is 4. The molecule has 0 saturated carbocycles. The molecule has 1 fully saturated rings. The van der Waals surface area contributed by atoms with Gasteiger partial charge in [-0.1, -0.05) is 18.2 Å². The molecule has 1 saturated heterocycles. The molecule has 1 atom stereocenters. The van der Waals surface area contributed by atoms with E-state index in [-0.39, 0.29) is 16.1 Å². The Kier molecular flexibility index (Phi) is 3.93. The van der Waals surface area contributed by atoms with Crippen LogP contribution in [0, 0.1) is 10.1 Å². The van der Waals surface area contributed by atoms with Crippen LogP contribution in [0.2, 0.25) is 0 Å². The van der Waals surface area contributed by atoms with Crippen molar-refractivity contribution in [3.63, 3.8) is 0 Å². The molecule has 0 bridgehead atoms. The smallest absolute Gasteiger partial charge is 0.272 e. The second kappa shape index (κ2) is 5.46. The van der Waals surface area contributed by atoms with Crippen molar-refractivity contribution in [3.05, 3.63) is 39.9 Å². The minimum Gasteiger partial charge on any atom is -0.315 e. The predicted octanol–water partition coefficient (Wildman–Crippen LogP) is 1.48. The fourth-order valence-corrected chi connectivity index (χ4v) is 2.37. The molecule has 0 amide bonds. The van der Waals surface area contributed by atoms with Gasteiger partial charge in [0.25, 0.3) is 5.69 Å². The largest absolute Gasteiger partial charge is 0.315 e. The summed E-state index contributed by atoms with van der Waals surface area (Å²) in [5.74, 6) is 0. The maximum Gasteiger partial charge on any atom is 0.272 e. The summed E-state index contributed by atoms with van der Waals surface area (Å²) in [6.07, 6.45) is 1.79. The number of benzene rings is 1. The van der Waals surface area contributed by atoms with E-state index in [4.69, 9.17) is 0 Å². The van der Waals surface area contributed by atoms with Crippen molar-refractivity contribution < 1.29 is 4.92 Å². The SMILES string of the molecule is CC1(NCCc2ccccc2[N+](=O)[O-])CCNC1. The van der Waals surface area contributed by atoms with E-state index in [2.05, 4.69) is 17.6 Å². The van der Waals surface area contributed by atoms with E-state index >= 15 is 0 Å². The van der Waals surface area contributed by atoms with E-state index in [0.29, 0.717) is 6.42 Å². The third-order valence-electron chi connectivity index (χ3n) is 3.50. The summed E-state index contributed by atoms with van der Waals surface area (Å²) in [7, 11) is 0. The van der Waals surface area contributed by atoms with Gasteiger partial charge in [-0.3, -0.25) is 10.1 Å². The Morgan fingerprint density at radius 1 is 1.50 bits per heavy atom. The van der Waals surface area contributed by atoms with E-state index < -0.39 is 0 Å². The van der Waals surface area contributed by atoms with Crippen LogP contribution in [0.4, 0.5) is 5.69 Å². The first-order valence-corrected chi connectivity index (χ1v) is 6.29. The van der Waals surface area contributed by atoms with Gasteiger partial charge >= 0.3 is 0 Å². The Balaban J connectivity index is 1.92. The zero-order chi connectivity index (χ0) is 13.0. The Labute approximate surface area is 107 Å². The van der Waals surface area contributed by atoms with Crippen molar-refractivity contribution >= 4 is 5.69 Å². The number of nitrogens with zero attached hydrogens (tertiary/aromatic N) is 1. The molecule has 1 unspecified atom stereocenters. The first-order chi connectivity index (χ1) is 8.61. The average molecular weight is 249 g/mol. The standard InChI is InChI=1S/C13H19N3O2/c1-13(7-9-14-10-13)15-8-6-11-4-2-3-5-12(11)16(17)18/h2-5,14-15H,6-10H2,1H3. The molecule has 5 nitrogen and oxygen atoms in total. The summed E-state index contributed by atoms with van der Waals surface area (Å²) >= 11 is 0. The summed E-state index contributed by atoms with van der Waals surface area (Å²) in [5.41, 5.74) is 1.14. The topological polar surface area (TPSA) is 67.2 Å². The van der Waals surface area contributed by atoms with Crippen molar-refractivity contribution in [1.29, 1.82) is 0 Å². The minimum atomic E-state index is -0.311. The fraction of sp³-hybridized carbons (Fsp3) is 0.538. The van der Waals surface area contributed by atoms with Crippen molar-refractivity contribution in [3.8, 4) is 0 Å². The van der Waals surface area contributed by atoms with Gasteiger partial charge < -0.3 is 10.6 Å². The number of para-hydroxylation sites is 1. The molecule has 1 aromatic carbocycles. The number of nitro benzene ring substituents is 1. The highest BCUT2D eigenvalue weighted by Gasteiger charge is 2.27. The van der Waals surface area contributed by atoms with E-state index in [1.165, 1.54) is 0 Å². The van der Waals surface area contributed by atoms with Gasteiger partial charge in [0.15, 0.2) is 0 Å². The quantitative estimate of drug-likeness (QED) is 0.612. The lowest BCUT2D eigenvalue weighted by Gasteiger charge is -2.24. The highest BCUT2D eigenvalue weighted by molar-refractivity contribution is 5.39. The normalized spacial score (nSPS) is 23.2. The molecule has 1 heterocycles. The molecule has 18 heavy (non-hydrogen) atoms. The fourth-order valence-electron chi connectivity index (χ4n) is 2.37. The van der Waals surface area contributed by atoms with Gasteiger partial charge in [0.1, 0.15) is 0 Å². The molecular formula is C13H19N3O2. The van der Waals surface area contributed by atoms with Gasteiger partial charge in [-0.05, 0) is 32.9 Å².